The fourth-order valence-corrected chi connectivity index (χ4v) is 6.13. The number of sulfonamides is 1. The van der Waals surface area contributed by atoms with Crippen LogP contribution in [0.3, 0.4) is 0 Å². The maximum atomic E-state index is 14.4. The first-order chi connectivity index (χ1) is 21.5. The lowest BCUT2D eigenvalue weighted by Crippen LogP contribution is -2.45. The van der Waals surface area contributed by atoms with E-state index < -0.39 is 70.9 Å². The molecule has 1 N–H and O–H groups in total. The van der Waals surface area contributed by atoms with E-state index in [1.807, 2.05) is 0 Å². The number of carbonyl (C=O) groups excluding carboxylic acids is 1. The Kier molecular flexibility index (Phi) is 8.73. The van der Waals surface area contributed by atoms with Gasteiger partial charge in [-0.15, -0.1) is 0 Å². The zero-order valence-electron chi connectivity index (χ0n) is 22.9. The van der Waals surface area contributed by atoms with Crippen LogP contribution in [0.15, 0.2) is 66.1 Å². The Bertz CT molecular complexity index is 1760. The molecule has 1 aliphatic heterocycles. The Morgan fingerprint density at radius 3 is 1.78 bits per heavy atom. The molecular formula is C27H19F8N7O3S. The summed E-state index contributed by atoms with van der Waals surface area (Å²) in [5, 5.41) is 2.48. The molecule has 1 saturated heterocycles. The summed E-state index contributed by atoms with van der Waals surface area (Å²) < 4.78 is 133. The van der Waals surface area contributed by atoms with Crippen molar-refractivity contribution < 1.29 is 48.3 Å². The van der Waals surface area contributed by atoms with E-state index >= 15 is 0 Å². The molecule has 0 saturated carbocycles. The van der Waals surface area contributed by atoms with Gasteiger partial charge in [0.2, 0.25) is 27.6 Å². The summed E-state index contributed by atoms with van der Waals surface area (Å²) in [6.07, 6.45) is -8.54. The third-order valence-electron chi connectivity index (χ3n) is 6.68. The summed E-state index contributed by atoms with van der Waals surface area (Å²) in [6.45, 7) is -0.995. The number of pyridine rings is 1. The largest absolute Gasteiger partial charge is 0.451 e. The van der Waals surface area contributed by atoms with Gasteiger partial charge in [-0.3, -0.25) is 4.79 Å². The third-order valence-corrected chi connectivity index (χ3v) is 8.57. The van der Waals surface area contributed by atoms with Gasteiger partial charge < -0.3 is 5.32 Å². The molecule has 0 radical (unpaired) electrons. The molecule has 2 atom stereocenters. The van der Waals surface area contributed by atoms with Crippen molar-refractivity contribution in [3.05, 3.63) is 84.2 Å². The second-order valence-corrected chi connectivity index (χ2v) is 11.8. The number of benzene rings is 1. The summed E-state index contributed by atoms with van der Waals surface area (Å²) in [7, 11) is -4.41. The van der Waals surface area contributed by atoms with E-state index in [1.54, 1.807) is 0 Å². The molecule has 10 nitrogen and oxygen atoms in total. The number of halogens is 8. The summed E-state index contributed by atoms with van der Waals surface area (Å²) >= 11 is 0. The topological polar surface area (TPSA) is 131 Å². The molecule has 0 spiro atoms. The van der Waals surface area contributed by atoms with Crippen molar-refractivity contribution >= 4 is 15.9 Å². The lowest BCUT2D eigenvalue weighted by molar-refractivity contribution is -0.145. The molecule has 0 aliphatic carbocycles. The van der Waals surface area contributed by atoms with Gasteiger partial charge in [0.05, 0.1) is 16.3 Å². The average molecular weight is 674 g/mol. The maximum Gasteiger partial charge on any atom is 0.451 e. The van der Waals surface area contributed by atoms with E-state index in [-0.39, 0.29) is 39.5 Å². The monoisotopic (exact) mass is 673 g/mol. The molecule has 4 aromatic rings. The molecule has 1 fully saturated rings. The van der Waals surface area contributed by atoms with Crippen molar-refractivity contribution in [3.63, 3.8) is 0 Å². The van der Waals surface area contributed by atoms with Crippen LogP contribution in [-0.4, -0.2) is 62.3 Å². The van der Waals surface area contributed by atoms with Crippen LogP contribution in [0.2, 0.25) is 0 Å². The predicted octanol–water partition coefficient (Wildman–Crippen LogP) is 4.59. The van der Waals surface area contributed by atoms with Gasteiger partial charge in [0.15, 0.2) is 0 Å². The number of hydrogen-bond acceptors (Lipinski definition) is 8. The van der Waals surface area contributed by atoms with Crippen LogP contribution in [0.5, 0.6) is 0 Å². The Morgan fingerprint density at radius 2 is 1.33 bits per heavy atom. The maximum absolute atomic E-state index is 14.4. The molecule has 0 bridgehead atoms. The minimum absolute atomic E-state index is 0.0251. The number of rotatable bonds is 7. The predicted molar refractivity (Wildman–Crippen MR) is 142 cm³/mol. The summed E-state index contributed by atoms with van der Waals surface area (Å²) in [4.78, 5) is 30.2. The van der Waals surface area contributed by atoms with Crippen LogP contribution >= 0.6 is 0 Å². The Labute approximate surface area is 254 Å². The van der Waals surface area contributed by atoms with Gasteiger partial charge in [0.1, 0.15) is 18.0 Å². The smallest absolute Gasteiger partial charge is 0.351 e. The Hall–Kier alpha value is -4.65. The van der Waals surface area contributed by atoms with Gasteiger partial charge in [-0.1, -0.05) is 0 Å². The molecular weight excluding hydrogens is 654 g/mol. The first-order valence-corrected chi connectivity index (χ1v) is 14.5. The highest BCUT2D eigenvalue weighted by atomic mass is 32.2. The normalized spacial score (nSPS) is 17.7. The first-order valence-electron chi connectivity index (χ1n) is 13.0. The highest BCUT2D eigenvalue weighted by Gasteiger charge is 2.44. The van der Waals surface area contributed by atoms with Crippen molar-refractivity contribution in [1.29, 1.82) is 0 Å². The minimum Gasteiger partial charge on any atom is -0.351 e. The second kappa shape index (κ2) is 12.3. The van der Waals surface area contributed by atoms with Crippen LogP contribution in [0.25, 0.3) is 22.5 Å². The number of alkyl halides is 7. The molecule has 5 rings (SSSR count). The Morgan fingerprint density at radius 1 is 0.848 bits per heavy atom. The SMILES string of the molecule is O=C(NCc1cc(-c2cnc(C(F)(F)F)nc2)nc(-c2cnc(C(F)(F)F)nc2)c1)C1CC(F)CN1S(=O)(=O)c1ccc(F)cc1. The first kappa shape index (κ1) is 32.7. The summed E-state index contributed by atoms with van der Waals surface area (Å²) in [5.41, 5.74) is 0.0720. The van der Waals surface area contributed by atoms with E-state index in [0.717, 1.165) is 49.1 Å². The quantitative estimate of drug-likeness (QED) is 0.282. The Balaban J connectivity index is 1.44. The van der Waals surface area contributed by atoms with Gasteiger partial charge in [0, 0.05) is 55.4 Å². The molecule has 19 heteroatoms. The van der Waals surface area contributed by atoms with Crippen molar-refractivity contribution in [2.75, 3.05) is 6.54 Å². The van der Waals surface area contributed by atoms with Crippen LogP contribution < -0.4 is 5.32 Å². The molecule has 2 unspecified atom stereocenters. The molecule has 1 aromatic carbocycles. The highest BCUT2D eigenvalue weighted by molar-refractivity contribution is 7.89. The molecule has 3 aromatic heterocycles. The number of aromatic nitrogens is 5. The summed E-state index contributed by atoms with van der Waals surface area (Å²) in [5.74, 6) is -4.47. The lowest BCUT2D eigenvalue weighted by atomic mass is 10.1. The fourth-order valence-electron chi connectivity index (χ4n) is 4.51. The van der Waals surface area contributed by atoms with Crippen LogP contribution in [0, 0.1) is 5.82 Å². The van der Waals surface area contributed by atoms with Gasteiger partial charge in [-0.2, -0.15) is 30.6 Å². The van der Waals surface area contributed by atoms with Gasteiger partial charge >= 0.3 is 12.4 Å². The van der Waals surface area contributed by atoms with Crippen LogP contribution in [0.1, 0.15) is 23.6 Å². The zero-order valence-corrected chi connectivity index (χ0v) is 23.7. The number of amides is 1. The highest BCUT2D eigenvalue weighted by Crippen LogP contribution is 2.31. The van der Waals surface area contributed by atoms with E-state index in [2.05, 4.69) is 30.2 Å². The van der Waals surface area contributed by atoms with Crippen LogP contribution in [-0.2, 0) is 33.7 Å². The standard InChI is InChI=1S/C27H19F8N7O3S/c28-17-1-3-19(4-2-17)46(44,45)42-13-18(29)7-22(42)23(43)36-8-14-5-20(15-9-37-24(38-10-15)26(30,31)32)41-21(6-14)16-11-39-25(40-12-16)27(33,34)35/h1-6,9-12,18,22H,7-8,13H2,(H,36,43). The molecule has 1 aliphatic rings. The molecule has 46 heavy (non-hydrogen) atoms. The van der Waals surface area contributed by atoms with E-state index in [4.69, 9.17) is 0 Å². The van der Waals surface area contributed by atoms with Gasteiger partial charge in [-0.05, 0) is 42.0 Å². The molecule has 242 valence electrons. The number of nitrogens with one attached hydrogen (secondary N) is 1. The van der Waals surface area contributed by atoms with E-state index in [0.29, 0.717) is 4.31 Å². The van der Waals surface area contributed by atoms with Gasteiger partial charge in [0.25, 0.3) is 0 Å². The molecule has 1 amide bonds. The number of carbonyl (C=O) groups is 1. The fraction of sp³-hybridized carbons (Fsp3) is 0.259. The minimum atomic E-state index is -4.84. The van der Waals surface area contributed by atoms with Gasteiger partial charge in [-0.25, -0.2) is 42.1 Å². The lowest BCUT2D eigenvalue weighted by Gasteiger charge is -2.23. The number of hydrogen-bond donors (Lipinski definition) is 1. The zero-order chi connectivity index (χ0) is 33.4. The third kappa shape index (κ3) is 7.09. The van der Waals surface area contributed by atoms with Crippen molar-refractivity contribution in [3.8, 4) is 22.5 Å². The van der Waals surface area contributed by atoms with E-state index in [9.17, 15) is 48.3 Å². The second-order valence-electron chi connectivity index (χ2n) is 9.93. The van der Waals surface area contributed by atoms with Crippen LogP contribution in [0.4, 0.5) is 35.1 Å². The number of nitrogens with zero attached hydrogens (tertiary/aromatic N) is 6. The summed E-state index contributed by atoms with van der Waals surface area (Å²) in [6, 6.07) is 4.89. The van der Waals surface area contributed by atoms with Crippen molar-refractivity contribution in [2.24, 2.45) is 0 Å². The van der Waals surface area contributed by atoms with E-state index in [1.165, 1.54) is 12.1 Å². The van der Waals surface area contributed by atoms with Crippen molar-refractivity contribution in [2.45, 2.75) is 42.4 Å². The van der Waals surface area contributed by atoms with Crippen molar-refractivity contribution in [1.82, 2.24) is 34.5 Å². The average Bonchev–Trinajstić information content (AvgIpc) is 3.42. The molecule has 4 heterocycles.